The maximum Gasteiger partial charge on any atom is 0.225 e. The van der Waals surface area contributed by atoms with Crippen molar-refractivity contribution in [1.29, 1.82) is 0 Å². The van der Waals surface area contributed by atoms with E-state index < -0.39 is 0 Å². The summed E-state index contributed by atoms with van der Waals surface area (Å²) in [6.45, 7) is 8.60. The van der Waals surface area contributed by atoms with E-state index in [9.17, 15) is 9.59 Å². The number of piperidine rings is 1. The average Bonchev–Trinajstić information content (AvgIpc) is 2.98. The van der Waals surface area contributed by atoms with E-state index in [0.29, 0.717) is 30.1 Å². The first-order valence-electron chi connectivity index (χ1n) is 10.5. The molecule has 1 N–H and O–H groups in total. The van der Waals surface area contributed by atoms with Crippen LogP contribution in [-0.2, 0) is 9.59 Å². The van der Waals surface area contributed by atoms with Gasteiger partial charge >= 0.3 is 0 Å². The second-order valence-corrected chi connectivity index (χ2v) is 9.73. The fourth-order valence-corrected chi connectivity index (χ4v) is 6.97. The van der Waals surface area contributed by atoms with Crippen molar-refractivity contribution in [3.05, 3.63) is 11.8 Å². The van der Waals surface area contributed by atoms with E-state index in [-0.39, 0.29) is 22.5 Å². The lowest BCUT2D eigenvalue weighted by Gasteiger charge is -2.58. The van der Waals surface area contributed by atoms with Crippen LogP contribution in [0.4, 0.5) is 0 Å². The molecule has 2 saturated carbocycles. The number of hydrogen-bond donors (Lipinski definition) is 1. The van der Waals surface area contributed by atoms with Crippen LogP contribution in [0, 0.1) is 34.5 Å². The Hall–Kier alpha value is -1.32. The van der Waals surface area contributed by atoms with Gasteiger partial charge in [-0.1, -0.05) is 13.8 Å². The van der Waals surface area contributed by atoms with Gasteiger partial charge in [-0.3, -0.25) is 9.59 Å². The summed E-state index contributed by atoms with van der Waals surface area (Å²) in [5.41, 5.74) is 1.46. The third kappa shape index (κ3) is 2.40. The number of carbonyl (C=O) groups is 2. The molecule has 0 aromatic heterocycles. The van der Waals surface area contributed by atoms with Crippen molar-refractivity contribution in [2.45, 2.75) is 59.3 Å². The second-order valence-electron chi connectivity index (χ2n) is 9.73. The summed E-state index contributed by atoms with van der Waals surface area (Å²) in [6.07, 6.45) is 8.13. The van der Waals surface area contributed by atoms with Gasteiger partial charge in [0.05, 0.1) is 0 Å². The van der Waals surface area contributed by atoms with Gasteiger partial charge in [0.15, 0.2) is 5.78 Å². The fraction of sp³-hybridized carbons (Fsp3) is 0.818. The molecule has 0 aromatic rings. The topological polar surface area (TPSA) is 49.4 Å². The zero-order chi connectivity index (χ0) is 18.7. The lowest BCUT2D eigenvalue weighted by Crippen LogP contribution is -2.57. The molecule has 0 radical (unpaired) electrons. The molecule has 1 heterocycles. The Bertz CT molecular complexity index is 657. The van der Waals surface area contributed by atoms with Crippen molar-refractivity contribution in [2.75, 3.05) is 20.1 Å². The number of amides is 1. The third-order valence-corrected chi connectivity index (χ3v) is 8.74. The molecule has 4 aliphatic rings. The van der Waals surface area contributed by atoms with Crippen molar-refractivity contribution in [3.63, 3.8) is 0 Å². The fourth-order valence-electron chi connectivity index (χ4n) is 6.97. The Morgan fingerprint density at radius 3 is 2.73 bits per heavy atom. The number of nitrogens with one attached hydrogen (secondary N) is 1. The minimum atomic E-state index is 0.125. The SMILES string of the molecule is CCN(C)C(=O)[C@H]1CC[C@H]2[C@@H]3CNC4=CC(=O)CC[C@]4(C)[C@H]3CC[C@]12C. The van der Waals surface area contributed by atoms with Crippen molar-refractivity contribution in [1.82, 2.24) is 10.2 Å². The van der Waals surface area contributed by atoms with Crippen molar-refractivity contribution < 1.29 is 9.59 Å². The van der Waals surface area contributed by atoms with Gasteiger partial charge in [0.1, 0.15) is 0 Å². The van der Waals surface area contributed by atoms with Gasteiger partial charge in [-0.25, -0.2) is 0 Å². The first kappa shape index (κ1) is 18.1. The van der Waals surface area contributed by atoms with Gasteiger partial charge in [-0.2, -0.15) is 0 Å². The normalized spacial score (nSPS) is 44.3. The van der Waals surface area contributed by atoms with Crippen LogP contribution in [0.25, 0.3) is 0 Å². The molecule has 4 nitrogen and oxygen atoms in total. The smallest absolute Gasteiger partial charge is 0.225 e. The van der Waals surface area contributed by atoms with Crippen LogP contribution in [0.1, 0.15) is 59.3 Å². The van der Waals surface area contributed by atoms with Crippen LogP contribution in [0.15, 0.2) is 11.8 Å². The van der Waals surface area contributed by atoms with E-state index in [1.807, 2.05) is 18.0 Å². The molecule has 4 rings (SSSR count). The van der Waals surface area contributed by atoms with E-state index in [1.54, 1.807) is 0 Å². The first-order chi connectivity index (χ1) is 12.3. The molecule has 0 unspecified atom stereocenters. The van der Waals surface area contributed by atoms with Gasteiger partial charge < -0.3 is 10.2 Å². The molecule has 3 fully saturated rings. The van der Waals surface area contributed by atoms with Crippen molar-refractivity contribution >= 4 is 11.7 Å². The number of hydrogen-bond acceptors (Lipinski definition) is 3. The standard InChI is InChI=1S/C22H34N2O2/c1-5-24(4)20(26)18-7-6-16-15-13-23-19-12-14(25)8-10-22(19,3)17(15)9-11-21(16,18)2/h12,15-18,23H,5-11,13H2,1-4H3/t15-,16-,17-,18+,21-,22+/m0/s1. The molecular weight excluding hydrogens is 324 g/mol. The molecule has 144 valence electrons. The average molecular weight is 359 g/mol. The second kappa shape index (κ2) is 6.10. The highest BCUT2D eigenvalue weighted by Gasteiger charge is 2.60. The zero-order valence-electron chi connectivity index (χ0n) is 16.8. The minimum Gasteiger partial charge on any atom is -0.387 e. The molecular formula is C22H34N2O2. The van der Waals surface area contributed by atoms with Crippen molar-refractivity contribution in [3.8, 4) is 0 Å². The Morgan fingerprint density at radius 2 is 2.00 bits per heavy atom. The van der Waals surface area contributed by atoms with E-state index in [4.69, 9.17) is 0 Å². The first-order valence-corrected chi connectivity index (χ1v) is 10.5. The van der Waals surface area contributed by atoms with Crippen LogP contribution in [-0.4, -0.2) is 36.7 Å². The molecule has 4 heteroatoms. The highest BCUT2D eigenvalue weighted by atomic mass is 16.2. The van der Waals surface area contributed by atoms with Crippen LogP contribution in [0.5, 0.6) is 0 Å². The molecule has 1 amide bonds. The molecule has 6 atom stereocenters. The van der Waals surface area contributed by atoms with Crippen LogP contribution >= 0.6 is 0 Å². The summed E-state index contributed by atoms with van der Waals surface area (Å²) in [5.74, 6) is 2.74. The Balaban J connectivity index is 1.61. The Morgan fingerprint density at radius 1 is 1.23 bits per heavy atom. The Labute approximate surface area is 157 Å². The predicted molar refractivity (Wildman–Crippen MR) is 102 cm³/mol. The number of rotatable bonds is 2. The minimum absolute atomic E-state index is 0.125. The number of allylic oxidation sites excluding steroid dienone is 2. The highest BCUT2D eigenvalue weighted by Crippen LogP contribution is 2.64. The summed E-state index contributed by atoms with van der Waals surface area (Å²) in [4.78, 5) is 26.8. The van der Waals surface area contributed by atoms with E-state index in [2.05, 4.69) is 26.1 Å². The largest absolute Gasteiger partial charge is 0.387 e. The Kier molecular flexibility index (Phi) is 4.24. The van der Waals surface area contributed by atoms with Gasteiger partial charge in [-0.05, 0) is 62.2 Å². The molecule has 0 aromatic carbocycles. The van der Waals surface area contributed by atoms with Gasteiger partial charge in [0.2, 0.25) is 5.91 Å². The predicted octanol–water partition coefficient (Wildman–Crippen LogP) is 3.38. The molecule has 26 heavy (non-hydrogen) atoms. The van der Waals surface area contributed by atoms with Crippen LogP contribution in [0.3, 0.4) is 0 Å². The van der Waals surface area contributed by atoms with Gasteiger partial charge in [0.25, 0.3) is 0 Å². The number of carbonyl (C=O) groups excluding carboxylic acids is 2. The summed E-state index contributed by atoms with van der Waals surface area (Å²) in [5, 5.41) is 3.64. The van der Waals surface area contributed by atoms with Gasteiger partial charge in [0, 0.05) is 49.7 Å². The lowest BCUT2D eigenvalue weighted by atomic mass is 9.50. The summed E-state index contributed by atoms with van der Waals surface area (Å²) >= 11 is 0. The van der Waals surface area contributed by atoms with Crippen LogP contribution < -0.4 is 5.32 Å². The summed E-state index contributed by atoms with van der Waals surface area (Å²) < 4.78 is 0. The number of nitrogens with zero attached hydrogens (tertiary/aromatic N) is 1. The lowest BCUT2D eigenvalue weighted by molar-refractivity contribution is -0.141. The maximum absolute atomic E-state index is 13.0. The van der Waals surface area contributed by atoms with E-state index >= 15 is 0 Å². The van der Waals surface area contributed by atoms with Crippen molar-refractivity contribution in [2.24, 2.45) is 34.5 Å². The molecule has 3 aliphatic carbocycles. The van der Waals surface area contributed by atoms with Gasteiger partial charge in [-0.15, -0.1) is 0 Å². The highest BCUT2D eigenvalue weighted by molar-refractivity contribution is 5.91. The number of fused-ring (bicyclic) bond motifs is 5. The van der Waals surface area contributed by atoms with E-state index in [0.717, 1.165) is 32.4 Å². The summed E-state index contributed by atoms with van der Waals surface area (Å²) in [6, 6.07) is 0. The summed E-state index contributed by atoms with van der Waals surface area (Å²) in [7, 11) is 1.95. The molecule has 0 bridgehead atoms. The quantitative estimate of drug-likeness (QED) is 0.823. The molecule has 1 saturated heterocycles. The zero-order valence-corrected chi connectivity index (χ0v) is 16.8. The van der Waals surface area contributed by atoms with E-state index in [1.165, 1.54) is 18.5 Å². The number of ketones is 1. The van der Waals surface area contributed by atoms with Crippen LogP contribution in [0.2, 0.25) is 0 Å². The molecule has 0 spiro atoms. The maximum atomic E-state index is 13.0. The monoisotopic (exact) mass is 358 g/mol. The molecule has 1 aliphatic heterocycles. The third-order valence-electron chi connectivity index (χ3n) is 8.74.